The third-order valence-corrected chi connectivity index (χ3v) is 1.70. The van der Waals surface area contributed by atoms with E-state index in [9.17, 15) is 0 Å². The Morgan fingerprint density at radius 1 is 1.40 bits per heavy atom. The highest BCUT2D eigenvalue weighted by Gasteiger charge is 2.23. The Labute approximate surface area is 61.5 Å². The van der Waals surface area contributed by atoms with Gasteiger partial charge in [-0.25, -0.2) is 0 Å². The number of hydrogen-bond acceptors (Lipinski definition) is 4. The molecule has 1 aliphatic rings. The minimum absolute atomic E-state index is 0.333. The maximum atomic E-state index is 5.91. The molecule has 1 fully saturated rings. The predicted octanol–water partition coefficient (Wildman–Crippen LogP) is -0.904. The molecule has 0 spiro atoms. The molecule has 60 valence electrons. The molecular weight excluding hydrogens is 128 g/mol. The lowest BCUT2D eigenvalue weighted by Crippen LogP contribution is -2.71. The first-order chi connectivity index (χ1) is 4.77. The highest BCUT2D eigenvalue weighted by Crippen LogP contribution is 2.01. The van der Waals surface area contributed by atoms with E-state index in [1.165, 1.54) is 0 Å². The molecule has 4 heteroatoms. The fourth-order valence-corrected chi connectivity index (χ4v) is 1.14. The first-order valence-electron chi connectivity index (χ1n) is 3.76. The average Bonchev–Trinajstić information content (AvgIpc) is 1.89. The fourth-order valence-electron chi connectivity index (χ4n) is 1.14. The van der Waals surface area contributed by atoms with Gasteiger partial charge in [0.05, 0.1) is 0 Å². The van der Waals surface area contributed by atoms with Crippen LogP contribution in [-0.4, -0.2) is 19.1 Å². The van der Waals surface area contributed by atoms with Crippen molar-refractivity contribution in [3.05, 3.63) is 0 Å². The minimum Gasteiger partial charge on any atom is -0.301 e. The van der Waals surface area contributed by atoms with Crippen molar-refractivity contribution in [1.29, 1.82) is 0 Å². The fraction of sp³-hybridized carbons (Fsp3) is 1.00. The zero-order valence-corrected chi connectivity index (χ0v) is 6.41. The molecule has 1 aliphatic heterocycles. The van der Waals surface area contributed by atoms with Gasteiger partial charge >= 0.3 is 0 Å². The van der Waals surface area contributed by atoms with Gasteiger partial charge in [-0.05, 0) is 6.42 Å². The van der Waals surface area contributed by atoms with E-state index in [0.29, 0.717) is 0 Å². The van der Waals surface area contributed by atoms with Gasteiger partial charge in [0.25, 0.3) is 0 Å². The first kappa shape index (κ1) is 7.94. The van der Waals surface area contributed by atoms with Crippen LogP contribution in [-0.2, 0) is 0 Å². The van der Waals surface area contributed by atoms with E-state index in [4.69, 9.17) is 5.73 Å². The van der Waals surface area contributed by atoms with Crippen molar-refractivity contribution in [2.24, 2.45) is 5.73 Å². The van der Waals surface area contributed by atoms with E-state index in [1.807, 2.05) is 0 Å². The van der Waals surface area contributed by atoms with Crippen LogP contribution in [0.1, 0.15) is 19.8 Å². The maximum Gasteiger partial charge on any atom is 0.122 e. The van der Waals surface area contributed by atoms with Gasteiger partial charge in [0.1, 0.15) is 5.79 Å². The SMILES string of the molecule is CCCC1(N)NCNCN1. The smallest absolute Gasteiger partial charge is 0.122 e. The highest BCUT2D eigenvalue weighted by atomic mass is 15.4. The lowest BCUT2D eigenvalue weighted by Gasteiger charge is -2.36. The molecular formula is C6H16N4. The summed E-state index contributed by atoms with van der Waals surface area (Å²) < 4.78 is 0. The zero-order valence-electron chi connectivity index (χ0n) is 6.41. The van der Waals surface area contributed by atoms with E-state index in [-0.39, 0.29) is 5.79 Å². The van der Waals surface area contributed by atoms with Crippen LogP contribution >= 0.6 is 0 Å². The quantitative estimate of drug-likeness (QED) is 0.405. The Morgan fingerprint density at radius 2 is 2.00 bits per heavy atom. The van der Waals surface area contributed by atoms with Gasteiger partial charge in [-0.1, -0.05) is 13.3 Å². The highest BCUT2D eigenvalue weighted by molar-refractivity contribution is 4.80. The van der Waals surface area contributed by atoms with E-state index in [0.717, 1.165) is 26.2 Å². The summed E-state index contributed by atoms with van der Waals surface area (Å²) in [7, 11) is 0. The first-order valence-corrected chi connectivity index (χ1v) is 3.76. The van der Waals surface area contributed by atoms with Gasteiger partial charge in [-0.3, -0.25) is 16.0 Å². The molecule has 1 heterocycles. The number of nitrogens with one attached hydrogen (secondary N) is 3. The third kappa shape index (κ3) is 1.91. The molecule has 0 amide bonds. The summed E-state index contributed by atoms with van der Waals surface area (Å²) in [4.78, 5) is 0. The van der Waals surface area contributed by atoms with E-state index in [2.05, 4.69) is 22.9 Å². The summed E-state index contributed by atoms with van der Waals surface area (Å²) in [5, 5.41) is 9.40. The monoisotopic (exact) mass is 144 g/mol. The van der Waals surface area contributed by atoms with Crippen molar-refractivity contribution in [3.8, 4) is 0 Å². The second kappa shape index (κ2) is 3.30. The van der Waals surface area contributed by atoms with Crippen molar-refractivity contribution in [2.45, 2.75) is 25.6 Å². The topological polar surface area (TPSA) is 62.1 Å². The Kier molecular flexibility index (Phi) is 2.62. The lowest BCUT2D eigenvalue weighted by atomic mass is 10.2. The van der Waals surface area contributed by atoms with Crippen LogP contribution in [0.15, 0.2) is 0 Å². The molecule has 0 unspecified atom stereocenters. The Bertz CT molecular complexity index is 92.4. The number of rotatable bonds is 2. The normalized spacial score (nSPS) is 24.6. The Balaban J connectivity index is 2.32. The Morgan fingerprint density at radius 3 is 2.50 bits per heavy atom. The third-order valence-electron chi connectivity index (χ3n) is 1.70. The van der Waals surface area contributed by atoms with Crippen LogP contribution in [0.2, 0.25) is 0 Å². The molecule has 0 radical (unpaired) electrons. The molecule has 1 rings (SSSR count). The molecule has 0 atom stereocenters. The molecule has 0 aromatic heterocycles. The lowest BCUT2D eigenvalue weighted by molar-refractivity contribution is 0.193. The van der Waals surface area contributed by atoms with Crippen LogP contribution in [0.4, 0.5) is 0 Å². The summed E-state index contributed by atoms with van der Waals surface area (Å²) in [6.45, 7) is 3.72. The van der Waals surface area contributed by atoms with Crippen molar-refractivity contribution in [2.75, 3.05) is 13.3 Å². The van der Waals surface area contributed by atoms with Gasteiger partial charge in [0.2, 0.25) is 0 Å². The van der Waals surface area contributed by atoms with Crippen molar-refractivity contribution in [1.82, 2.24) is 16.0 Å². The molecule has 1 saturated heterocycles. The van der Waals surface area contributed by atoms with Crippen molar-refractivity contribution >= 4 is 0 Å². The van der Waals surface area contributed by atoms with Crippen LogP contribution in [0.5, 0.6) is 0 Å². The molecule has 0 bridgehead atoms. The number of nitrogens with two attached hydrogens (primary N) is 1. The molecule has 4 nitrogen and oxygen atoms in total. The van der Waals surface area contributed by atoms with Crippen LogP contribution in [0, 0.1) is 0 Å². The van der Waals surface area contributed by atoms with Crippen LogP contribution in [0.25, 0.3) is 0 Å². The van der Waals surface area contributed by atoms with Crippen molar-refractivity contribution in [3.63, 3.8) is 0 Å². The summed E-state index contributed by atoms with van der Waals surface area (Å²) in [5.74, 6) is -0.333. The minimum atomic E-state index is -0.333. The van der Waals surface area contributed by atoms with E-state index in [1.54, 1.807) is 0 Å². The molecule has 10 heavy (non-hydrogen) atoms. The van der Waals surface area contributed by atoms with E-state index < -0.39 is 0 Å². The van der Waals surface area contributed by atoms with Gasteiger partial charge in [-0.15, -0.1) is 0 Å². The molecule has 0 aliphatic carbocycles. The summed E-state index contributed by atoms with van der Waals surface area (Å²) >= 11 is 0. The van der Waals surface area contributed by atoms with Crippen LogP contribution < -0.4 is 21.7 Å². The predicted molar refractivity (Wildman–Crippen MR) is 41.0 cm³/mol. The number of hydrogen-bond donors (Lipinski definition) is 4. The Hall–Kier alpha value is -0.160. The second-order valence-electron chi connectivity index (χ2n) is 2.68. The summed E-state index contributed by atoms with van der Waals surface area (Å²) in [5.41, 5.74) is 5.91. The average molecular weight is 144 g/mol. The molecule has 0 saturated carbocycles. The van der Waals surface area contributed by atoms with Gasteiger partial charge < -0.3 is 5.73 Å². The summed E-state index contributed by atoms with van der Waals surface area (Å²) in [6.07, 6.45) is 2.06. The largest absolute Gasteiger partial charge is 0.301 e. The van der Waals surface area contributed by atoms with Crippen molar-refractivity contribution < 1.29 is 0 Å². The molecule has 0 aromatic carbocycles. The summed E-state index contributed by atoms with van der Waals surface area (Å²) in [6, 6.07) is 0. The standard InChI is InChI=1S/C6H16N4/c1-2-3-6(7)9-4-8-5-10-6/h8-10H,2-5,7H2,1H3. The van der Waals surface area contributed by atoms with Gasteiger partial charge in [0, 0.05) is 13.3 Å². The van der Waals surface area contributed by atoms with Gasteiger partial charge in [0.15, 0.2) is 0 Å². The molecule has 5 N–H and O–H groups in total. The molecule has 0 aromatic rings. The zero-order chi connectivity index (χ0) is 7.45. The van der Waals surface area contributed by atoms with Gasteiger partial charge in [-0.2, -0.15) is 0 Å². The van der Waals surface area contributed by atoms with E-state index >= 15 is 0 Å². The second-order valence-corrected chi connectivity index (χ2v) is 2.68. The maximum absolute atomic E-state index is 5.91. The van der Waals surface area contributed by atoms with Crippen LogP contribution in [0.3, 0.4) is 0 Å².